The Morgan fingerprint density at radius 2 is 1.86 bits per heavy atom. The topological polar surface area (TPSA) is 115 Å². The fourth-order valence-electron chi connectivity index (χ4n) is 3.02. The Kier molecular flexibility index (Phi) is 9.26. The Balaban J connectivity index is 0.00000210. The number of nitrogens with zero attached hydrogens (tertiary/aromatic N) is 2. The van der Waals surface area contributed by atoms with E-state index in [1.54, 1.807) is 31.2 Å². The van der Waals surface area contributed by atoms with Gasteiger partial charge in [0, 0.05) is 30.6 Å². The van der Waals surface area contributed by atoms with Crippen LogP contribution in [0.25, 0.3) is 10.8 Å². The monoisotopic (exact) mass is 464 g/mol. The number of hydrogen-bond acceptors (Lipinski definition) is 7. The highest BCUT2D eigenvalue weighted by molar-refractivity contribution is 7.89. The van der Waals surface area contributed by atoms with Gasteiger partial charge < -0.3 is 15.8 Å². The van der Waals surface area contributed by atoms with Crippen LogP contribution in [-0.2, 0) is 14.8 Å². The normalized spacial score (nSPS) is 16.2. The van der Waals surface area contributed by atoms with E-state index in [4.69, 9.17) is 10.5 Å². The predicted octanol–water partition coefficient (Wildman–Crippen LogP) is 1.62. The first-order chi connectivity index (χ1) is 12.8. The van der Waals surface area contributed by atoms with Crippen LogP contribution in [0.4, 0.5) is 0 Å². The number of ether oxygens (including phenoxy) is 1. The number of fused-ring (bicyclic) bond motifs is 1. The molecule has 0 aliphatic carbocycles. The maximum absolute atomic E-state index is 13.3. The van der Waals surface area contributed by atoms with Gasteiger partial charge >= 0.3 is 5.97 Å². The summed E-state index contributed by atoms with van der Waals surface area (Å²) in [6.07, 6.45) is 0.718. The van der Waals surface area contributed by atoms with Crippen LogP contribution >= 0.6 is 24.8 Å². The first-order valence-electron chi connectivity index (χ1n) is 8.90. The molecule has 1 atom stereocenters. The molecule has 1 aromatic heterocycles. The van der Waals surface area contributed by atoms with Gasteiger partial charge in [-0.15, -0.1) is 24.8 Å². The summed E-state index contributed by atoms with van der Waals surface area (Å²) in [5.41, 5.74) is 6.16. The van der Waals surface area contributed by atoms with Crippen LogP contribution in [0.15, 0.2) is 29.3 Å². The third kappa shape index (κ3) is 5.36. The minimum absolute atomic E-state index is 0. The summed E-state index contributed by atoms with van der Waals surface area (Å²) in [7, 11) is -3.85. The average molecular weight is 465 g/mol. The summed E-state index contributed by atoms with van der Waals surface area (Å²) < 4.78 is 33.3. The third-order valence-corrected chi connectivity index (χ3v) is 6.38. The number of aromatic nitrogens is 1. The molecule has 1 fully saturated rings. The molecule has 162 valence electrons. The highest BCUT2D eigenvalue weighted by Gasteiger charge is 2.30. The van der Waals surface area contributed by atoms with E-state index in [1.807, 2.05) is 0 Å². The highest BCUT2D eigenvalue weighted by atomic mass is 35.5. The van der Waals surface area contributed by atoms with Gasteiger partial charge in [-0.1, -0.05) is 24.3 Å². The number of nitrogens with two attached hydrogens (primary N) is 1. The lowest BCUT2D eigenvalue weighted by Gasteiger charge is -2.21. The van der Waals surface area contributed by atoms with Gasteiger partial charge in [0.15, 0.2) is 5.03 Å². The van der Waals surface area contributed by atoms with Gasteiger partial charge in [-0.05, 0) is 32.2 Å². The zero-order chi connectivity index (χ0) is 19.6. The lowest BCUT2D eigenvalue weighted by Crippen LogP contribution is -2.35. The second-order valence-electron chi connectivity index (χ2n) is 6.61. The molecule has 2 aromatic rings. The van der Waals surface area contributed by atoms with Crippen molar-refractivity contribution < 1.29 is 17.9 Å². The molecular weight excluding hydrogens is 439 g/mol. The van der Waals surface area contributed by atoms with Crippen molar-refractivity contribution >= 4 is 51.6 Å². The molecule has 0 radical (unpaired) electrons. The van der Waals surface area contributed by atoms with Gasteiger partial charge in [-0.2, -0.15) is 9.29 Å². The Morgan fingerprint density at radius 3 is 2.52 bits per heavy atom. The molecule has 29 heavy (non-hydrogen) atoms. The number of carbonyl (C=O) groups is 1. The number of sulfonamides is 1. The number of esters is 1. The number of halogens is 2. The predicted molar refractivity (Wildman–Crippen MR) is 117 cm³/mol. The van der Waals surface area contributed by atoms with Crippen LogP contribution < -0.4 is 15.8 Å². The Labute approximate surface area is 183 Å². The molecule has 0 spiro atoms. The van der Waals surface area contributed by atoms with Crippen LogP contribution in [0.2, 0.25) is 0 Å². The fourth-order valence-corrected chi connectivity index (χ4v) is 4.62. The quantitative estimate of drug-likeness (QED) is 0.660. The van der Waals surface area contributed by atoms with Crippen molar-refractivity contribution in [2.75, 3.05) is 26.2 Å². The van der Waals surface area contributed by atoms with Crippen molar-refractivity contribution in [1.29, 1.82) is 0 Å². The Hall–Kier alpha value is -1.49. The van der Waals surface area contributed by atoms with Crippen molar-refractivity contribution in [1.82, 2.24) is 14.6 Å². The summed E-state index contributed by atoms with van der Waals surface area (Å²) in [6, 6.07) is 6.24. The van der Waals surface area contributed by atoms with E-state index < -0.39 is 22.0 Å². The van der Waals surface area contributed by atoms with Gasteiger partial charge in [0.25, 0.3) is 10.0 Å². The molecule has 1 saturated heterocycles. The first-order valence-corrected chi connectivity index (χ1v) is 10.3. The van der Waals surface area contributed by atoms with E-state index in [1.165, 1.54) is 11.2 Å². The second-order valence-corrected chi connectivity index (χ2v) is 8.46. The maximum atomic E-state index is 13.3. The van der Waals surface area contributed by atoms with Crippen LogP contribution in [-0.4, -0.2) is 55.9 Å². The first kappa shape index (κ1) is 25.5. The van der Waals surface area contributed by atoms with Gasteiger partial charge in [0.05, 0.1) is 0 Å². The van der Waals surface area contributed by atoms with Crippen LogP contribution in [0, 0.1) is 6.92 Å². The second kappa shape index (κ2) is 10.5. The highest BCUT2D eigenvalue weighted by Crippen LogP contribution is 2.32. The molecule has 3 N–H and O–H groups in total. The van der Waals surface area contributed by atoms with Crippen molar-refractivity contribution in [3.05, 3.63) is 29.8 Å². The molecule has 8 nitrogen and oxygen atoms in total. The average Bonchev–Trinajstić information content (AvgIpc) is 2.93. The number of nitrogens with one attached hydrogen (secondary N) is 1. The standard InChI is InChI=1S/C18H24N4O4S.2ClH/c1-12-14-6-3-4-7-15(14)17(21-16(12)26-18(23)13(2)19)27(24,25)22-10-5-8-20-9-11-22;;/h3-4,6-7,13,20H,5,8-11,19H2,1-2H3;2*1H/t13-;;/m0../s1. The SMILES string of the molecule is Cc1c(OC(=O)[C@H](C)N)nc(S(=O)(=O)N2CCCNCC2)c2ccccc12.Cl.Cl. The molecule has 0 unspecified atom stereocenters. The molecular formula is C18H26Cl2N4O4S. The fraction of sp³-hybridized carbons (Fsp3) is 0.444. The summed E-state index contributed by atoms with van der Waals surface area (Å²) in [5.74, 6) is -0.689. The van der Waals surface area contributed by atoms with Crippen molar-refractivity contribution in [2.45, 2.75) is 31.3 Å². The summed E-state index contributed by atoms with van der Waals surface area (Å²) in [5, 5.41) is 4.27. The molecule has 1 aliphatic rings. The molecule has 1 aliphatic heterocycles. The lowest BCUT2D eigenvalue weighted by molar-refractivity contribution is -0.135. The zero-order valence-corrected chi connectivity index (χ0v) is 18.7. The maximum Gasteiger partial charge on any atom is 0.329 e. The van der Waals surface area contributed by atoms with Gasteiger partial charge in [-0.25, -0.2) is 13.2 Å². The lowest BCUT2D eigenvalue weighted by atomic mass is 10.1. The molecule has 0 amide bonds. The van der Waals surface area contributed by atoms with E-state index in [0.29, 0.717) is 36.0 Å². The Morgan fingerprint density at radius 1 is 1.21 bits per heavy atom. The van der Waals surface area contributed by atoms with Crippen molar-refractivity contribution in [3.8, 4) is 5.88 Å². The van der Waals surface area contributed by atoms with Crippen LogP contribution in [0.3, 0.4) is 0 Å². The molecule has 1 aromatic carbocycles. The smallest absolute Gasteiger partial charge is 0.329 e. The third-order valence-electron chi connectivity index (χ3n) is 4.54. The summed E-state index contributed by atoms with van der Waals surface area (Å²) in [4.78, 5) is 16.2. The number of hydrogen-bond donors (Lipinski definition) is 2. The molecule has 3 rings (SSSR count). The van der Waals surface area contributed by atoms with E-state index in [-0.39, 0.29) is 35.7 Å². The Bertz CT molecular complexity index is 962. The number of benzene rings is 1. The molecule has 0 bridgehead atoms. The molecule has 11 heteroatoms. The minimum atomic E-state index is -3.85. The van der Waals surface area contributed by atoms with Crippen molar-refractivity contribution in [3.63, 3.8) is 0 Å². The largest absolute Gasteiger partial charge is 0.406 e. The number of aryl methyl sites for hydroxylation is 1. The zero-order valence-electron chi connectivity index (χ0n) is 16.3. The van der Waals surface area contributed by atoms with E-state index >= 15 is 0 Å². The number of carbonyl (C=O) groups excluding carboxylic acids is 1. The van der Waals surface area contributed by atoms with Crippen molar-refractivity contribution in [2.24, 2.45) is 5.73 Å². The summed E-state index contributed by atoms with van der Waals surface area (Å²) >= 11 is 0. The minimum Gasteiger partial charge on any atom is -0.406 e. The van der Waals surface area contributed by atoms with E-state index in [2.05, 4.69) is 10.3 Å². The van der Waals surface area contributed by atoms with Crippen LogP contribution in [0.1, 0.15) is 18.9 Å². The van der Waals surface area contributed by atoms with E-state index in [0.717, 1.165) is 13.0 Å². The van der Waals surface area contributed by atoms with Gasteiger partial charge in [-0.3, -0.25) is 0 Å². The van der Waals surface area contributed by atoms with Crippen LogP contribution in [0.5, 0.6) is 5.88 Å². The number of rotatable bonds is 4. The molecule has 0 saturated carbocycles. The van der Waals surface area contributed by atoms with Gasteiger partial charge in [0.2, 0.25) is 5.88 Å². The van der Waals surface area contributed by atoms with Gasteiger partial charge in [0.1, 0.15) is 6.04 Å². The summed E-state index contributed by atoms with van der Waals surface area (Å²) in [6.45, 7) is 5.36. The number of pyridine rings is 1. The van der Waals surface area contributed by atoms with E-state index in [9.17, 15) is 13.2 Å². The molecule has 2 heterocycles.